The van der Waals surface area contributed by atoms with Crippen LogP contribution in [0.15, 0.2) is 30.3 Å². The van der Waals surface area contributed by atoms with Gasteiger partial charge in [-0.3, -0.25) is 4.98 Å². The molecule has 0 amide bonds. The van der Waals surface area contributed by atoms with Crippen LogP contribution in [-0.2, 0) is 39.3 Å². The fourth-order valence-corrected chi connectivity index (χ4v) is 1.75. The molecule has 3 heteroatoms. The summed E-state index contributed by atoms with van der Waals surface area (Å²) in [5, 5.41) is 2.44. The van der Waals surface area contributed by atoms with Crippen LogP contribution in [0.1, 0.15) is 11.4 Å². The van der Waals surface area contributed by atoms with Gasteiger partial charge in [0.05, 0.1) is 5.69 Å². The molecule has 0 spiro atoms. The average molecular weight is 303 g/mol. The summed E-state index contributed by atoms with van der Waals surface area (Å²) in [6, 6.07) is 10.3. The van der Waals surface area contributed by atoms with Gasteiger partial charge in [-0.05, 0) is 19.5 Å². The third-order valence-corrected chi connectivity index (χ3v) is 2.34. The first-order chi connectivity index (χ1) is 7.16. The van der Waals surface area contributed by atoms with E-state index in [9.17, 15) is 0 Å². The monoisotopic (exact) mass is 303 g/mol. The fourth-order valence-electron chi connectivity index (χ4n) is 1.75. The zero-order chi connectivity index (χ0) is 10.8. The minimum Gasteiger partial charge on any atom is -0.358 e. The minimum atomic E-state index is 0. The van der Waals surface area contributed by atoms with E-state index in [4.69, 9.17) is 0 Å². The van der Waals surface area contributed by atoms with Crippen molar-refractivity contribution in [2.45, 2.75) is 6.54 Å². The zero-order valence-corrected chi connectivity index (χ0v) is 13.6. The van der Waals surface area contributed by atoms with Gasteiger partial charge in [-0.25, -0.2) is 6.92 Å². The van der Waals surface area contributed by atoms with Gasteiger partial charge in [0.25, 0.3) is 0 Å². The summed E-state index contributed by atoms with van der Waals surface area (Å²) in [6.07, 6.45) is 0. The normalized spacial score (nSPS) is 9.82. The van der Waals surface area contributed by atoms with E-state index in [0.29, 0.717) is 0 Å². The summed E-state index contributed by atoms with van der Waals surface area (Å²) in [5.41, 5.74) is 1.94. The molecule has 89 valence electrons. The van der Waals surface area contributed by atoms with Crippen molar-refractivity contribution in [2.24, 2.45) is 0 Å². The van der Waals surface area contributed by atoms with E-state index in [0.717, 1.165) is 17.9 Å². The summed E-state index contributed by atoms with van der Waals surface area (Å²) in [4.78, 5) is 6.61. The van der Waals surface area contributed by atoms with Crippen molar-refractivity contribution in [1.82, 2.24) is 9.88 Å². The second-order valence-corrected chi connectivity index (χ2v) is 4.02. The number of hydrogen-bond donors (Lipinski definition) is 0. The molecule has 0 saturated heterocycles. The number of hydrogen-bond acceptors (Lipinski definition) is 2. The molecule has 1 aromatic carbocycles. The summed E-state index contributed by atoms with van der Waals surface area (Å²) in [7, 11) is 4.10. The molecular weight excluding hydrogens is 285 g/mol. The number of benzene rings is 1. The van der Waals surface area contributed by atoms with E-state index in [1.165, 1.54) is 10.8 Å². The minimum absolute atomic E-state index is 0. The molecule has 1 radical (unpaired) electrons. The second kappa shape index (κ2) is 7.10. The molecule has 1 aromatic heterocycles. The summed E-state index contributed by atoms with van der Waals surface area (Å²) in [6.45, 7) is 4.76. The molecule has 0 aliphatic carbocycles. The standard InChI is InChI=1S/C13H15N2.CH3.Y/c1-10-8-11-6-4-5-7-12(11)13(14-10)9-15(2)3;;/h4-8H,1,9H2,2-3H3;1H3;/q2*-1;. The van der Waals surface area contributed by atoms with Crippen LogP contribution >= 0.6 is 0 Å². The van der Waals surface area contributed by atoms with Gasteiger partial charge in [-0.15, -0.1) is 5.69 Å². The van der Waals surface area contributed by atoms with E-state index in [2.05, 4.69) is 28.9 Å². The van der Waals surface area contributed by atoms with E-state index >= 15 is 0 Å². The Labute approximate surface area is 129 Å². The molecule has 2 rings (SSSR count). The zero-order valence-electron chi connectivity index (χ0n) is 10.8. The van der Waals surface area contributed by atoms with Crippen LogP contribution in [0.2, 0.25) is 0 Å². The first kappa shape index (κ1) is 16.6. The Morgan fingerprint density at radius 2 is 1.88 bits per heavy atom. The van der Waals surface area contributed by atoms with Gasteiger partial charge in [-0.2, -0.15) is 6.07 Å². The Kier molecular flexibility index (Phi) is 6.92. The van der Waals surface area contributed by atoms with Gasteiger partial charge in [0.1, 0.15) is 0 Å². The third-order valence-electron chi connectivity index (χ3n) is 2.34. The van der Waals surface area contributed by atoms with E-state index in [1.54, 1.807) is 0 Å². The second-order valence-electron chi connectivity index (χ2n) is 4.02. The number of fused-ring (bicyclic) bond motifs is 1. The maximum absolute atomic E-state index is 4.49. The number of pyridine rings is 1. The van der Waals surface area contributed by atoms with Crippen LogP contribution in [0.25, 0.3) is 10.8 Å². The first-order valence-corrected chi connectivity index (χ1v) is 5.02. The molecule has 0 atom stereocenters. The topological polar surface area (TPSA) is 16.1 Å². The van der Waals surface area contributed by atoms with Crippen molar-refractivity contribution in [3.05, 3.63) is 56.1 Å². The summed E-state index contributed by atoms with van der Waals surface area (Å²) < 4.78 is 0. The van der Waals surface area contributed by atoms with E-state index in [1.807, 2.05) is 32.3 Å². The van der Waals surface area contributed by atoms with Crippen LogP contribution in [0.3, 0.4) is 0 Å². The molecule has 0 aliphatic heterocycles. The molecule has 0 unspecified atom stereocenters. The van der Waals surface area contributed by atoms with Crippen LogP contribution in [-0.4, -0.2) is 24.0 Å². The van der Waals surface area contributed by atoms with Crippen molar-refractivity contribution in [2.75, 3.05) is 14.1 Å². The Morgan fingerprint density at radius 1 is 1.24 bits per heavy atom. The Morgan fingerprint density at radius 3 is 2.53 bits per heavy atom. The molecule has 0 fully saturated rings. The van der Waals surface area contributed by atoms with Crippen LogP contribution in [0.5, 0.6) is 0 Å². The smallest absolute Gasteiger partial charge is 0.0576 e. The summed E-state index contributed by atoms with van der Waals surface area (Å²) in [5.74, 6) is 0. The molecule has 0 aliphatic rings. The molecular formula is C14H18N2Y-2. The quantitative estimate of drug-likeness (QED) is 0.793. The van der Waals surface area contributed by atoms with Gasteiger partial charge in [0, 0.05) is 39.3 Å². The third kappa shape index (κ3) is 4.06. The van der Waals surface area contributed by atoms with Crippen LogP contribution < -0.4 is 0 Å². The van der Waals surface area contributed by atoms with Crippen molar-refractivity contribution < 1.29 is 32.7 Å². The van der Waals surface area contributed by atoms with Crippen molar-refractivity contribution in [1.29, 1.82) is 0 Å². The Bertz CT molecular complexity index is 481. The molecule has 17 heavy (non-hydrogen) atoms. The molecule has 2 aromatic rings. The van der Waals surface area contributed by atoms with Crippen molar-refractivity contribution in [3.8, 4) is 0 Å². The number of aromatic nitrogens is 1. The van der Waals surface area contributed by atoms with Crippen molar-refractivity contribution >= 4 is 10.8 Å². The first-order valence-electron chi connectivity index (χ1n) is 5.02. The van der Waals surface area contributed by atoms with E-state index < -0.39 is 0 Å². The summed E-state index contributed by atoms with van der Waals surface area (Å²) >= 11 is 0. The van der Waals surface area contributed by atoms with Gasteiger partial charge in [-0.1, -0.05) is 29.7 Å². The maximum atomic E-state index is 4.49. The van der Waals surface area contributed by atoms with Crippen LogP contribution in [0.4, 0.5) is 0 Å². The Hall–Kier alpha value is -0.436. The molecule has 1 heterocycles. The van der Waals surface area contributed by atoms with Gasteiger partial charge >= 0.3 is 0 Å². The number of nitrogens with zero attached hydrogens (tertiary/aromatic N) is 2. The fraction of sp³-hybridized carbons (Fsp3) is 0.214. The van der Waals surface area contributed by atoms with Gasteiger partial charge in [0.15, 0.2) is 0 Å². The number of rotatable bonds is 2. The maximum Gasteiger partial charge on any atom is 0.0576 e. The molecule has 2 nitrogen and oxygen atoms in total. The molecule has 0 N–H and O–H groups in total. The predicted octanol–water partition coefficient (Wildman–Crippen LogP) is 2.93. The van der Waals surface area contributed by atoms with E-state index in [-0.39, 0.29) is 40.1 Å². The predicted molar refractivity (Wildman–Crippen MR) is 70.0 cm³/mol. The largest absolute Gasteiger partial charge is 0.358 e. The average Bonchev–Trinajstić information content (AvgIpc) is 2.16. The SMILES string of the molecule is [CH2-]c1cc2ccccc2c(CN(C)C)n1.[CH3-].[Y]. The van der Waals surface area contributed by atoms with Gasteiger partial charge in [0.2, 0.25) is 0 Å². The Balaban J connectivity index is 0.00000128. The van der Waals surface area contributed by atoms with Gasteiger partial charge < -0.3 is 12.3 Å². The van der Waals surface area contributed by atoms with Crippen molar-refractivity contribution in [3.63, 3.8) is 0 Å². The molecule has 0 bridgehead atoms. The van der Waals surface area contributed by atoms with Crippen LogP contribution in [0, 0.1) is 14.4 Å². The molecule has 0 saturated carbocycles.